The number of nitrogens with two attached hydrogens (primary N) is 1. The number of rotatable bonds is 5. The number of hydrogen-bond acceptors (Lipinski definition) is 6. The molecule has 0 amide bonds. The zero-order valence-corrected chi connectivity index (χ0v) is 12.7. The first-order chi connectivity index (χ1) is 10.1. The topological polar surface area (TPSA) is 116 Å². The van der Waals surface area contributed by atoms with E-state index < -0.39 is 29.6 Å². The minimum Gasteiger partial charge on any atom is -0.478 e. The van der Waals surface area contributed by atoms with Crippen molar-refractivity contribution in [2.75, 3.05) is 6.54 Å². The highest BCUT2D eigenvalue weighted by Gasteiger charge is 2.30. The van der Waals surface area contributed by atoms with Gasteiger partial charge in [0.1, 0.15) is 5.60 Å². The van der Waals surface area contributed by atoms with Crippen molar-refractivity contribution < 1.29 is 29.0 Å². The van der Waals surface area contributed by atoms with Crippen LogP contribution in [0.15, 0.2) is 24.3 Å². The summed E-state index contributed by atoms with van der Waals surface area (Å²) in [6, 6.07) is 5.40. The predicted octanol–water partition coefficient (Wildman–Crippen LogP) is 1.27. The maximum absolute atomic E-state index is 12.2. The summed E-state index contributed by atoms with van der Waals surface area (Å²) in [7, 11) is 0. The first-order valence-corrected chi connectivity index (χ1v) is 6.59. The molecule has 120 valence electrons. The SMILES string of the molecule is CC(C)(C)OC(=O)[C@H](OC(=O)CN)c1ccc(C(=O)O)cc1. The van der Waals surface area contributed by atoms with Gasteiger partial charge in [-0.3, -0.25) is 4.79 Å². The highest BCUT2D eigenvalue weighted by Crippen LogP contribution is 2.23. The molecule has 0 saturated carbocycles. The molecule has 7 nitrogen and oxygen atoms in total. The standard InChI is InChI=1S/C15H19NO6/c1-15(2,3)22-14(20)12(21-11(17)8-16)9-4-6-10(7-5-9)13(18)19/h4-7,12H,8,16H2,1-3H3,(H,18,19)/t12-/m1/s1. The molecule has 0 aliphatic heterocycles. The van der Waals surface area contributed by atoms with Crippen molar-refractivity contribution in [2.24, 2.45) is 5.73 Å². The molecule has 1 atom stereocenters. The number of aromatic carboxylic acids is 1. The van der Waals surface area contributed by atoms with Crippen LogP contribution in [0.5, 0.6) is 0 Å². The lowest BCUT2D eigenvalue weighted by atomic mass is 10.1. The second-order valence-electron chi connectivity index (χ2n) is 5.53. The Labute approximate surface area is 128 Å². The normalized spacial score (nSPS) is 12.4. The lowest BCUT2D eigenvalue weighted by molar-refractivity contribution is -0.175. The van der Waals surface area contributed by atoms with Gasteiger partial charge in [0.05, 0.1) is 12.1 Å². The highest BCUT2D eigenvalue weighted by atomic mass is 16.6. The van der Waals surface area contributed by atoms with Gasteiger partial charge in [0, 0.05) is 5.56 Å². The second-order valence-corrected chi connectivity index (χ2v) is 5.53. The fourth-order valence-corrected chi connectivity index (χ4v) is 1.59. The molecule has 0 fully saturated rings. The van der Waals surface area contributed by atoms with Crippen LogP contribution in [-0.4, -0.2) is 35.2 Å². The predicted molar refractivity (Wildman–Crippen MR) is 77.1 cm³/mol. The molecule has 0 heterocycles. The second kappa shape index (κ2) is 7.04. The zero-order chi connectivity index (χ0) is 16.9. The molecule has 0 aliphatic carbocycles. The maximum atomic E-state index is 12.2. The molecule has 3 N–H and O–H groups in total. The van der Waals surface area contributed by atoms with Crippen LogP contribution < -0.4 is 5.73 Å². The van der Waals surface area contributed by atoms with Crippen LogP contribution in [0.1, 0.15) is 42.8 Å². The molecular weight excluding hydrogens is 290 g/mol. The molecule has 1 aromatic rings. The molecule has 22 heavy (non-hydrogen) atoms. The van der Waals surface area contributed by atoms with Crippen molar-refractivity contribution in [1.82, 2.24) is 0 Å². The first-order valence-electron chi connectivity index (χ1n) is 6.59. The third-order valence-electron chi connectivity index (χ3n) is 2.50. The number of esters is 2. The summed E-state index contributed by atoms with van der Waals surface area (Å²) in [6.45, 7) is 4.66. The molecule has 0 unspecified atom stereocenters. The Morgan fingerprint density at radius 1 is 1.18 bits per heavy atom. The summed E-state index contributed by atoms with van der Waals surface area (Å²) in [5, 5.41) is 8.87. The number of carbonyl (C=O) groups is 3. The number of hydrogen-bond donors (Lipinski definition) is 2. The molecule has 0 bridgehead atoms. The monoisotopic (exact) mass is 309 g/mol. The van der Waals surface area contributed by atoms with Gasteiger partial charge in [0.25, 0.3) is 0 Å². The Morgan fingerprint density at radius 3 is 2.14 bits per heavy atom. The Kier molecular flexibility index (Phi) is 5.64. The van der Waals surface area contributed by atoms with Gasteiger partial charge in [0.15, 0.2) is 0 Å². The van der Waals surface area contributed by atoms with Crippen molar-refractivity contribution in [3.63, 3.8) is 0 Å². The molecule has 0 aromatic heterocycles. The van der Waals surface area contributed by atoms with Gasteiger partial charge in [-0.2, -0.15) is 0 Å². The minimum atomic E-state index is -1.29. The van der Waals surface area contributed by atoms with Crippen molar-refractivity contribution in [1.29, 1.82) is 0 Å². The van der Waals surface area contributed by atoms with Crippen molar-refractivity contribution in [3.8, 4) is 0 Å². The lowest BCUT2D eigenvalue weighted by Crippen LogP contribution is -2.31. The Balaban J connectivity index is 3.06. The third kappa shape index (κ3) is 5.17. The van der Waals surface area contributed by atoms with Gasteiger partial charge in [-0.05, 0) is 32.9 Å². The summed E-state index contributed by atoms with van der Waals surface area (Å²) in [6.07, 6.45) is -1.29. The van der Waals surface area contributed by atoms with Crippen LogP contribution in [0.3, 0.4) is 0 Å². The van der Waals surface area contributed by atoms with Crippen LogP contribution in [0.4, 0.5) is 0 Å². The lowest BCUT2D eigenvalue weighted by Gasteiger charge is -2.24. The van der Waals surface area contributed by atoms with Gasteiger partial charge in [-0.25, -0.2) is 9.59 Å². The van der Waals surface area contributed by atoms with E-state index in [0.717, 1.165) is 0 Å². The van der Waals surface area contributed by atoms with Crippen molar-refractivity contribution in [3.05, 3.63) is 35.4 Å². The largest absolute Gasteiger partial charge is 0.478 e. The molecular formula is C15H19NO6. The van der Waals surface area contributed by atoms with E-state index in [2.05, 4.69) is 0 Å². The molecule has 1 aromatic carbocycles. The van der Waals surface area contributed by atoms with Crippen LogP contribution >= 0.6 is 0 Å². The Bertz CT molecular complexity index is 558. The molecule has 1 rings (SSSR count). The first kappa shape index (κ1) is 17.6. The number of benzene rings is 1. The smallest absolute Gasteiger partial charge is 0.352 e. The number of carboxylic acid groups (broad SMARTS) is 1. The summed E-state index contributed by atoms with van der Waals surface area (Å²) in [5.41, 5.74) is 4.79. The van der Waals surface area contributed by atoms with E-state index in [1.165, 1.54) is 24.3 Å². The Hall–Kier alpha value is -2.41. The number of ether oxygens (including phenoxy) is 2. The summed E-state index contributed by atoms with van der Waals surface area (Å²) >= 11 is 0. The highest BCUT2D eigenvalue weighted by molar-refractivity contribution is 5.88. The van der Waals surface area contributed by atoms with Gasteiger partial charge in [-0.1, -0.05) is 12.1 Å². The van der Waals surface area contributed by atoms with E-state index in [9.17, 15) is 14.4 Å². The number of carbonyl (C=O) groups excluding carboxylic acids is 2. The minimum absolute atomic E-state index is 0.0526. The fourth-order valence-electron chi connectivity index (χ4n) is 1.59. The van der Waals surface area contributed by atoms with Crippen LogP contribution in [-0.2, 0) is 19.1 Å². The summed E-state index contributed by atoms with van der Waals surface area (Å²) in [5.74, 6) is -2.62. The van der Waals surface area contributed by atoms with Crippen LogP contribution in [0, 0.1) is 0 Å². The summed E-state index contributed by atoms with van der Waals surface area (Å²) < 4.78 is 10.2. The molecule has 0 spiro atoms. The van der Waals surface area contributed by atoms with Crippen molar-refractivity contribution in [2.45, 2.75) is 32.5 Å². The van der Waals surface area contributed by atoms with E-state index in [0.29, 0.717) is 5.56 Å². The van der Waals surface area contributed by atoms with Gasteiger partial charge >= 0.3 is 17.9 Å². The Morgan fingerprint density at radius 2 is 1.73 bits per heavy atom. The van der Waals surface area contributed by atoms with Gasteiger partial charge < -0.3 is 20.3 Å². The quantitative estimate of drug-likeness (QED) is 0.787. The molecule has 0 radical (unpaired) electrons. The average molecular weight is 309 g/mol. The summed E-state index contributed by atoms with van der Waals surface area (Å²) in [4.78, 5) is 34.4. The molecule has 0 aliphatic rings. The van der Waals surface area contributed by atoms with Crippen LogP contribution in [0.2, 0.25) is 0 Å². The fraction of sp³-hybridized carbons (Fsp3) is 0.400. The van der Waals surface area contributed by atoms with Gasteiger partial charge in [-0.15, -0.1) is 0 Å². The van der Waals surface area contributed by atoms with E-state index in [-0.39, 0.29) is 12.1 Å². The number of carboxylic acids is 1. The zero-order valence-electron chi connectivity index (χ0n) is 12.7. The van der Waals surface area contributed by atoms with Crippen molar-refractivity contribution >= 4 is 17.9 Å². The third-order valence-corrected chi connectivity index (χ3v) is 2.50. The molecule has 0 saturated heterocycles. The maximum Gasteiger partial charge on any atom is 0.352 e. The van der Waals surface area contributed by atoms with E-state index in [1.54, 1.807) is 20.8 Å². The average Bonchev–Trinajstić information content (AvgIpc) is 2.42. The van der Waals surface area contributed by atoms with E-state index >= 15 is 0 Å². The molecule has 7 heteroatoms. The van der Waals surface area contributed by atoms with Gasteiger partial charge in [0.2, 0.25) is 6.10 Å². The van der Waals surface area contributed by atoms with E-state index in [4.69, 9.17) is 20.3 Å². The van der Waals surface area contributed by atoms with E-state index in [1.807, 2.05) is 0 Å². The van der Waals surface area contributed by atoms with Crippen LogP contribution in [0.25, 0.3) is 0 Å².